The zero-order valence-corrected chi connectivity index (χ0v) is 16.1. The molecule has 5 nitrogen and oxygen atoms in total. The molecule has 3 aromatic carbocycles. The molecule has 0 aliphatic heterocycles. The molecule has 144 valence electrons. The van der Waals surface area contributed by atoms with Gasteiger partial charge in [0.1, 0.15) is 11.6 Å². The molecule has 1 amide bonds. The van der Waals surface area contributed by atoms with Crippen molar-refractivity contribution in [3.8, 4) is 11.5 Å². The van der Waals surface area contributed by atoms with Gasteiger partial charge in [0.05, 0.1) is 5.69 Å². The molecule has 0 saturated heterocycles. The average Bonchev–Trinajstić information content (AvgIpc) is 3.15. The number of anilines is 1. The molecule has 0 unspecified atom stereocenters. The molecule has 4 aromatic rings. The highest BCUT2D eigenvalue weighted by Crippen LogP contribution is 2.29. The van der Waals surface area contributed by atoms with Crippen molar-refractivity contribution in [1.82, 2.24) is 9.55 Å². The summed E-state index contributed by atoms with van der Waals surface area (Å²) in [5, 5.41) is 2.94. The first-order chi connectivity index (χ1) is 14.2. The monoisotopic (exact) mass is 383 g/mol. The molecule has 0 spiro atoms. The Bertz CT molecular complexity index is 1100. The van der Waals surface area contributed by atoms with Crippen LogP contribution in [-0.4, -0.2) is 15.5 Å². The normalized spacial score (nSPS) is 10.5. The number of aryl methyl sites for hydroxylation is 1. The van der Waals surface area contributed by atoms with Crippen molar-refractivity contribution < 1.29 is 9.53 Å². The molecule has 1 heterocycles. The first-order valence-electron chi connectivity index (χ1n) is 9.39. The summed E-state index contributed by atoms with van der Waals surface area (Å²) in [7, 11) is 0. The van der Waals surface area contributed by atoms with Crippen molar-refractivity contribution in [1.29, 1.82) is 0 Å². The second-order valence-corrected chi connectivity index (χ2v) is 6.66. The van der Waals surface area contributed by atoms with Crippen LogP contribution in [0.1, 0.15) is 21.7 Å². The van der Waals surface area contributed by atoms with E-state index in [1.807, 2.05) is 92.0 Å². The van der Waals surface area contributed by atoms with Crippen LogP contribution in [0.2, 0.25) is 0 Å². The van der Waals surface area contributed by atoms with E-state index in [1.54, 1.807) is 6.20 Å². The van der Waals surface area contributed by atoms with Crippen molar-refractivity contribution in [2.45, 2.75) is 13.5 Å². The van der Waals surface area contributed by atoms with Crippen molar-refractivity contribution in [2.75, 3.05) is 5.32 Å². The topological polar surface area (TPSA) is 56.2 Å². The number of carbonyl (C=O) groups is 1. The number of hydrogen-bond acceptors (Lipinski definition) is 3. The van der Waals surface area contributed by atoms with Gasteiger partial charge in [0, 0.05) is 24.5 Å². The number of imidazole rings is 1. The average molecular weight is 383 g/mol. The van der Waals surface area contributed by atoms with Gasteiger partial charge in [-0.15, -0.1) is 0 Å². The van der Waals surface area contributed by atoms with Crippen LogP contribution in [0.15, 0.2) is 91.3 Å². The fourth-order valence-corrected chi connectivity index (χ4v) is 3.00. The van der Waals surface area contributed by atoms with E-state index in [-0.39, 0.29) is 5.91 Å². The number of nitrogens with zero attached hydrogens (tertiary/aromatic N) is 2. The van der Waals surface area contributed by atoms with E-state index >= 15 is 0 Å². The Hall–Kier alpha value is -3.86. The number of ether oxygens (including phenoxy) is 1. The quantitative estimate of drug-likeness (QED) is 0.492. The second kappa shape index (κ2) is 8.44. The van der Waals surface area contributed by atoms with Crippen LogP contribution in [0.3, 0.4) is 0 Å². The lowest BCUT2D eigenvalue weighted by atomic mass is 10.1. The largest absolute Gasteiger partial charge is 0.455 e. The molecular weight excluding hydrogens is 362 g/mol. The summed E-state index contributed by atoms with van der Waals surface area (Å²) in [6.07, 6.45) is 3.73. The minimum atomic E-state index is -0.181. The zero-order chi connectivity index (χ0) is 20.1. The Balaban J connectivity index is 1.46. The Labute approximate surface area is 169 Å². The van der Waals surface area contributed by atoms with Gasteiger partial charge in [0.2, 0.25) is 0 Å². The maximum Gasteiger partial charge on any atom is 0.255 e. The standard InChI is InChI=1S/C24H21N3O2/c1-18-25-15-16-27(18)17-19-11-13-20(14-12-19)24(28)26-22-9-5-6-10-23(22)29-21-7-3-2-4-8-21/h2-16H,17H2,1H3,(H,26,28). The Morgan fingerprint density at radius 3 is 2.41 bits per heavy atom. The van der Waals surface area contributed by atoms with Gasteiger partial charge in [-0.3, -0.25) is 4.79 Å². The van der Waals surface area contributed by atoms with Gasteiger partial charge in [-0.2, -0.15) is 0 Å². The van der Waals surface area contributed by atoms with Crippen molar-refractivity contribution in [3.05, 3.63) is 108 Å². The molecule has 29 heavy (non-hydrogen) atoms. The number of rotatable bonds is 6. The van der Waals surface area contributed by atoms with Crippen LogP contribution in [0, 0.1) is 6.92 Å². The smallest absolute Gasteiger partial charge is 0.255 e. The fraction of sp³-hybridized carbons (Fsp3) is 0.0833. The molecule has 1 aromatic heterocycles. The summed E-state index contributed by atoms with van der Waals surface area (Å²) in [4.78, 5) is 16.9. The molecule has 0 fully saturated rings. The molecule has 5 heteroatoms. The van der Waals surface area contributed by atoms with Gasteiger partial charge in [0.25, 0.3) is 5.91 Å². The van der Waals surface area contributed by atoms with E-state index in [0.717, 1.165) is 17.9 Å². The van der Waals surface area contributed by atoms with Gasteiger partial charge in [-0.25, -0.2) is 4.98 Å². The zero-order valence-electron chi connectivity index (χ0n) is 16.1. The van der Waals surface area contributed by atoms with Crippen LogP contribution in [0.25, 0.3) is 0 Å². The molecule has 1 N–H and O–H groups in total. The van der Waals surface area contributed by atoms with E-state index in [9.17, 15) is 4.79 Å². The van der Waals surface area contributed by atoms with E-state index < -0.39 is 0 Å². The maximum atomic E-state index is 12.7. The maximum absolute atomic E-state index is 12.7. The molecule has 0 bridgehead atoms. The summed E-state index contributed by atoms with van der Waals surface area (Å²) < 4.78 is 7.97. The van der Waals surface area contributed by atoms with Crippen LogP contribution in [0.5, 0.6) is 11.5 Å². The summed E-state index contributed by atoms with van der Waals surface area (Å²) in [6, 6.07) is 24.5. The van der Waals surface area contributed by atoms with Gasteiger partial charge in [-0.05, 0) is 48.9 Å². The van der Waals surface area contributed by atoms with Gasteiger partial charge < -0.3 is 14.6 Å². The Kier molecular flexibility index (Phi) is 5.38. The molecular formula is C24H21N3O2. The molecule has 0 atom stereocenters. The summed E-state index contributed by atoms with van der Waals surface area (Å²) in [5.41, 5.74) is 2.32. The number of hydrogen-bond donors (Lipinski definition) is 1. The third kappa shape index (κ3) is 4.52. The number of nitrogens with one attached hydrogen (secondary N) is 1. The lowest BCUT2D eigenvalue weighted by Crippen LogP contribution is -2.12. The van der Waals surface area contributed by atoms with Crippen LogP contribution >= 0.6 is 0 Å². The Morgan fingerprint density at radius 1 is 0.966 bits per heavy atom. The number of aromatic nitrogens is 2. The van der Waals surface area contributed by atoms with E-state index in [1.165, 1.54) is 0 Å². The van der Waals surface area contributed by atoms with E-state index in [0.29, 0.717) is 22.7 Å². The predicted octanol–water partition coefficient (Wildman–Crippen LogP) is 5.28. The summed E-state index contributed by atoms with van der Waals surface area (Å²) in [6.45, 7) is 2.69. The molecule has 0 saturated carbocycles. The lowest BCUT2D eigenvalue weighted by Gasteiger charge is -2.12. The van der Waals surface area contributed by atoms with E-state index in [2.05, 4.69) is 14.9 Å². The minimum Gasteiger partial charge on any atom is -0.455 e. The highest BCUT2D eigenvalue weighted by atomic mass is 16.5. The summed E-state index contributed by atoms with van der Waals surface area (Å²) in [5.74, 6) is 2.09. The van der Waals surface area contributed by atoms with Gasteiger partial charge >= 0.3 is 0 Å². The molecule has 0 aliphatic rings. The SMILES string of the molecule is Cc1nccn1Cc1ccc(C(=O)Nc2ccccc2Oc2ccccc2)cc1. The lowest BCUT2D eigenvalue weighted by molar-refractivity contribution is 0.102. The number of para-hydroxylation sites is 3. The van der Waals surface area contributed by atoms with Crippen molar-refractivity contribution in [2.24, 2.45) is 0 Å². The first kappa shape index (κ1) is 18.5. The first-order valence-corrected chi connectivity index (χ1v) is 9.39. The van der Waals surface area contributed by atoms with Gasteiger partial charge in [0.15, 0.2) is 5.75 Å². The molecule has 4 rings (SSSR count). The highest BCUT2D eigenvalue weighted by molar-refractivity contribution is 6.05. The van der Waals surface area contributed by atoms with Crippen LogP contribution in [-0.2, 0) is 6.54 Å². The number of amides is 1. The highest BCUT2D eigenvalue weighted by Gasteiger charge is 2.11. The van der Waals surface area contributed by atoms with E-state index in [4.69, 9.17) is 4.74 Å². The van der Waals surface area contributed by atoms with Crippen molar-refractivity contribution in [3.63, 3.8) is 0 Å². The third-order valence-electron chi connectivity index (χ3n) is 4.60. The van der Waals surface area contributed by atoms with Gasteiger partial charge in [-0.1, -0.05) is 42.5 Å². The van der Waals surface area contributed by atoms with Crippen LogP contribution < -0.4 is 10.1 Å². The predicted molar refractivity (Wildman–Crippen MR) is 113 cm³/mol. The number of benzene rings is 3. The second-order valence-electron chi connectivity index (χ2n) is 6.66. The summed E-state index contributed by atoms with van der Waals surface area (Å²) >= 11 is 0. The van der Waals surface area contributed by atoms with Crippen LogP contribution in [0.4, 0.5) is 5.69 Å². The van der Waals surface area contributed by atoms with Crippen molar-refractivity contribution >= 4 is 11.6 Å². The molecule has 0 aliphatic carbocycles. The number of carbonyl (C=O) groups excluding carboxylic acids is 1. The third-order valence-corrected chi connectivity index (χ3v) is 4.60. The Morgan fingerprint density at radius 2 is 1.69 bits per heavy atom. The molecule has 0 radical (unpaired) electrons. The minimum absolute atomic E-state index is 0.181. The fourth-order valence-electron chi connectivity index (χ4n) is 3.00.